The highest BCUT2D eigenvalue weighted by Gasteiger charge is 2.49. The summed E-state index contributed by atoms with van der Waals surface area (Å²) in [6.45, 7) is 9.29. The molecule has 6 aromatic rings. The Morgan fingerprint density at radius 2 is 1.96 bits per heavy atom. The van der Waals surface area contributed by atoms with E-state index in [1.54, 1.807) is 13.0 Å². The lowest BCUT2D eigenvalue weighted by Crippen LogP contribution is -2.44. The minimum absolute atomic E-state index is 0.192. The van der Waals surface area contributed by atoms with E-state index in [1.165, 1.54) is 0 Å². The fraction of sp³-hybridized carbons (Fsp3) is 0.561. The van der Waals surface area contributed by atoms with E-state index in [1.807, 2.05) is 52.0 Å². The molecule has 2 aromatic carbocycles. The highest BCUT2D eigenvalue weighted by Crippen LogP contribution is 2.44. The number of aromatic nitrogens is 7. The van der Waals surface area contributed by atoms with Gasteiger partial charge in [0.2, 0.25) is 0 Å². The number of halogens is 2. The second-order valence-corrected chi connectivity index (χ2v) is 16.7. The van der Waals surface area contributed by atoms with Crippen LogP contribution >= 0.6 is 0 Å². The summed E-state index contributed by atoms with van der Waals surface area (Å²) in [5.41, 5.74) is 2.83. The molecule has 296 valence electrons. The average molecular weight is 770 g/mol. The molecule has 0 amide bonds. The Hall–Kier alpha value is -4.44. The van der Waals surface area contributed by atoms with Gasteiger partial charge in [0, 0.05) is 43.9 Å². The first-order chi connectivity index (χ1) is 27.1. The van der Waals surface area contributed by atoms with Gasteiger partial charge in [0.15, 0.2) is 11.9 Å². The van der Waals surface area contributed by atoms with Crippen molar-refractivity contribution >= 4 is 49.6 Å². The van der Waals surface area contributed by atoms with Crippen LogP contribution in [0, 0.1) is 12.7 Å². The lowest BCUT2D eigenvalue weighted by molar-refractivity contribution is -0.0366. The molecule has 1 unspecified atom stereocenters. The van der Waals surface area contributed by atoms with Crippen LogP contribution in [0.5, 0.6) is 6.01 Å². The number of aryl methyl sites for hydroxylation is 3. The first-order valence-electron chi connectivity index (χ1n) is 20.1. The number of alkyl halides is 1. The number of hydrogen-bond acceptors (Lipinski definition) is 10. The minimum Gasteiger partial charge on any atom is -0.461 e. The summed E-state index contributed by atoms with van der Waals surface area (Å²) in [6.07, 6.45) is 6.48. The summed E-state index contributed by atoms with van der Waals surface area (Å²) in [6, 6.07) is 5.66. The summed E-state index contributed by atoms with van der Waals surface area (Å²) in [4.78, 5) is 14.4. The fourth-order valence-corrected chi connectivity index (χ4v) is 10.1. The molecule has 0 aliphatic carbocycles. The first kappa shape index (κ1) is 35.9. The number of fused-ring (bicyclic) bond motifs is 6. The van der Waals surface area contributed by atoms with Gasteiger partial charge < -0.3 is 28.8 Å². The number of hydrogen-bond donors (Lipinski definition) is 1. The Balaban J connectivity index is 1.21. The molecular weight excluding hydrogens is 721 g/mol. The first-order valence-corrected chi connectivity index (χ1v) is 20.1. The zero-order chi connectivity index (χ0) is 38.5. The van der Waals surface area contributed by atoms with Crippen LogP contribution in [0.4, 0.5) is 14.6 Å². The van der Waals surface area contributed by atoms with Gasteiger partial charge in [-0.2, -0.15) is 20.2 Å². The molecule has 4 saturated heterocycles. The Morgan fingerprint density at radius 1 is 1.09 bits per heavy atom. The van der Waals surface area contributed by atoms with Crippen LogP contribution < -0.4 is 9.64 Å². The molecule has 0 saturated carbocycles. The van der Waals surface area contributed by atoms with E-state index in [4.69, 9.17) is 34.4 Å². The molecule has 13 nitrogen and oxygen atoms in total. The third-order valence-electron chi connectivity index (χ3n) is 12.7. The van der Waals surface area contributed by atoms with Crippen LogP contribution in [-0.2, 0) is 22.9 Å². The predicted octanol–water partition coefficient (Wildman–Crippen LogP) is 6.06. The maximum absolute atomic E-state index is 15.8. The standard InChI is InChI=1S/C41H49F2N9O4/c1-5-27-29(43)11-10-25-17-30-28(19-44-51(30)31-9-6-7-15-55-31)35(33(25)27)52-38-32(24(2)47-52)34-36(48(38)4)45-39(46-37(34)49-14-16-54-22-40(3,53)21-49)56-23-41-12-8-13-50(41)20-26(42)18-41/h10-11,17,19,26,31,53H,5-9,12-16,18,20-23H2,1-4H3/t26-,31?,40+,41+/m1/s1. The molecule has 15 heteroatoms. The number of nitrogens with zero attached hydrogens (tertiary/aromatic N) is 9. The van der Waals surface area contributed by atoms with Crippen molar-refractivity contribution in [1.29, 1.82) is 0 Å². The second-order valence-electron chi connectivity index (χ2n) is 16.7. The Morgan fingerprint density at radius 3 is 2.79 bits per heavy atom. The van der Waals surface area contributed by atoms with Gasteiger partial charge in [0.25, 0.3) is 0 Å². The summed E-state index contributed by atoms with van der Waals surface area (Å²) in [5.74, 6) is 0.331. The molecular formula is C41H49F2N9O4. The summed E-state index contributed by atoms with van der Waals surface area (Å²) in [7, 11) is 1.95. The second kappa shape index (κ2) is 13.3. The van der Waals surface area contributed by atoms with Crippen molar-refractivity contribution in [2.24, 2.45) is 7.05 Å². The number of rotatable bonds is 7. The van der Waals surface area contributed by atoms with Crippen molar-refractivity contribution in [1.82, 2.24) is 39.0 Å². The van der Waals surface area contributed by atoms with Crippen molar-refractivity contribution in [2.45, 2.75) is 89.3 Å². The predicted molar refractivity (Wildman–Crippen MR) is 209 cm³/mol. The van der Waals surface area contributed by atoms with Gasteiger partial charge in [-0.05, 0) is 82.0 Å². The van der Waals surface area contributed by atoms with Crippen molar-refractivity contribution in [3.63, 3.8) is 0 Å². The van der Waals surface area contributed by atoms with Gasteiger partial charge in [0.1, 0.15) is 35.7 Å². The van der Waals surface area contributed by atoms with Gasteiger partial charge in [0.05, 0.1) is 59.2 Å². The third kappa shape index (κ3) is 5.59. The molecule has 4 atom stereocenters. The number of ether oxygens (including phenoxy) is 3. The average Bonchev–Trinajstić information content (AvgIpc) is 3.96. The van der Waals surface area contributed by atoms with Crippen LogP contribution in [0.3, 0.4) is 0 Å². The number of aliphatic hydroxyl groups is 1. The SMILES string of the molecule is CCc1c(F)ccc2cc3c(cnn3C3CCCCO3)c(-n3nc(C)c4c5c(N6CCOC[C@@](C)(O)C6)nc(OC[C@@]67CCCN6C[C@H](F)C7)nc5n(C)c43)c12. The Labute approximate surface area is 323 Å². The topological polar surface area (TPSA) is 121 Å². The van der Waals surface area contributed by atoms with Crippen molar-refractivity contribution < 1.29 is 28.1 Å². The lowest BCUT2D eigenvalue weighted by Gasteiger charge is -2.31. The number of benzene rings is 2. The smallest absolute Gasteiger partial charge is 0.320 e. The lowest BCUT2D eigenvalue weighted by atomic mass is 9.95. The van der Waals surface area contributed by atoms with Crippen LogP contribution in [0.1, 0.15) is 69.9 Å². The van der Waals surface area contributed by atoms with Crippen LogP contribution in [0.2, 0.25) is 0 Å². The Kier molecular flexibility index (Phi) is 8.55. The zero-order valence-corrected chi connectivity index (χ0v) is 32.5. The van der Waals surface area contributed by atoms with Gasteiger partial charge in [-0.15, -0.1) is 0 Å². The highest BCUT2D eigenvalue weighted by atomic mass is 19.1. The summed E-state index contributed by atoms with van der Waals surface area (Å²) < 4.78 is 55.0. The zero-order valence-electron chi connectivity index (χ0n) is 32.5. The molecule has 0 radical (unpaired) electrons. The monoisotopic (exact) mass is 769 g/mol. The van der Waals surface area contributed by atoms with Gasteiger partial charge in [-0.1, -0.05) is 13.0 Å². The quantitative estimate of drug-likeness (QED) is 0.205. The van der Waals surface area contributed by atoms with Crippen molar-refractivity contribution in [3.05, 3.63) is 41.5 Å². The van der Waals surface area contributed by atoms with E-state index in [0.29, 0.717) is 56.2 Å². The van der Waals surface area contributed by atoms with E-state index in [2.05, 4.69) is 11.0 Å². The van der Waals surface area contributed by atoms with E-state index in [0.717, 1.165) is 88.1 Å². The molecule has 4 aromatic heterocycles. The maximum Gasteiger partial charge on any atom is 0.320 e. The van der Waals surface area contributed by atoms with Crippen LogP contribution in [-0.4, -0.2) is 114 Å². The largest absolute Gasteiger partial charge is 0.461 e. The third-order valence-corrected chi connectivity index (χ3v) is 12.7. The van der Waals surface area contributed by atoms with E-state index in [9.17, 15) is 9.50 Å². The molecule has 4 fully saturated rings. The molecule has 10 rings (SSSR count). The summed E-state index contributed by atoms with van der Waals surface area (Å²) >= 11 is 0. The normalized spacial score (nSPS) is 26.3. The van der Waals surface area contributed by atoms with Gasteiger partial charge in [-0.3, -0.25) is 4.90 Å². The van der Waals surface area contributed by atoms with Crippen LogP contribution in [0.15, 0.2) is 24.4 Å². The molecule has 4 aliphatic rings. The molecule has 0 spiro atoms. The highest BCUT2D eigenvalue weighted by molar-refractivity contribution is 6.15. The molecule has 56 heavy (non-hydrogen) atoms. The van der Waals surface area contributed by atoms with E-state index in [-0.39, 0.29) is 43.4 Å². The van der Waals surface area contributed by atoms with Gasteiger partial charge >= 0.3 is 6.01 Å². The van der Waals surface area contributed by atoms with E-state index >= 15 is 4.39 Å². The molecule has 8 heterocycles. The summed E-state index contributed by atoms with van der Waals surface area (Å²) in [5, 5.41) is 25.6. The number of anilines is 1. The van der Waals surface area contributed by atoms with Crippen LogP contribution in [0.25, 0.3) is 49.4 Å². The fourth-order valence-electron chi connectivity index (χ4n) is 10.1. The van der Waals surface area contributed by atoms with Gasteiger partial charge in [-0.25, -0.2) is 18.1 Å². The van der Waals surface area contributed by atoms with Crippen molar-refractivity contribution in [3.8, 4) is 11.7 Å². The maximum atomic E-state index is 15.8. The molecule has 4 aliphatic heterocycles. The molecule has 0 bridgehead atoms. The number of β-amino-alcohol motifs (C(OH)–C–C–N with tert-alkyl or cyclic N) is 1. The minimum atomic E-state index is -1.14. The molecule has 1 N–H and O–H groups in total. The van der Waals surface area contributed by atoms with E-state index < -0.39 is 11.8 Å². The Bertz CT molecular complexity index is 2510. The van der Waals surface area contributed by atoms with Crippen molar-refractivity contribution in [2.75, 3.05) is 57.5 Å².